The first-order valence-corrected chi connectivity index (χ1v) is 7.03. The van der Waals surface area contributed by atoms with Crippen molar-refractivity contribution in [2.24, 2.45) is 0 Å². The van der Waals surface area contributed by atoms with Crippen molar-refractivity contribution in [2.75, 3.05) is 11.7 Å². The third-order valence-corrected chi connectivity index (χ3v) is 2.85. The highest BCUT2D eigenvalue weighted by Crippen LogP contribution is 2.38. The molecule has 0 bridgehead atoms. The van der Waals surface area contributed by atoms with E-state index in [-0.39, 0.29) is 5.54 Å². The highest BCUT2D eigenvalue weighted by Gasteiger charge is 2.27. The molecule has 94 valence electrons. The highest BCUT2D eigenvalue weighted by atomic mass is 32.2. The average Bonchev–Trinajstić information content (AvgIpc) is 3.08. The second-order valence-corrected chi connectivity index (χ2v) is 6.05. The molecule has 17 heavy (non-hydrogen) atoms. The minimum Gasteiger partial charge on any atom is -0.289 e. The van der Waals surface area contributed by atoms with Crippen molar-refractivity contribution in [1.29, 1.82) is 0 Å². The second-order valence-electron chi connectivity index (χ2n) is 5.28. The zero-order valence-electron chi connectivity index (χ0n) is 10.7. The standard InChI is InChI=1S/C11H19N5S/c1-11(2,3)16-15-9-12-8(7-5-6-7)13-10(14-9)17-4/h7,16H,5-6H2,1-4H3,(H,12,13,14,15). The van der Waals surface area contributed by atoms with Crippen molar-refractivity contribution in [2.45, 2.75) is 50.2 Å². The van der Waals surface area contributed by atoms with Gasteiger partial charge in [-0.1, -0.05) is 11.8 Å². The normalized spacial score (nSPS) is 16.0. The van der Waals surface area contributed by atoms with Gasteiger partial charge in [0.05, 0.1) is 0 Å². The van der Waals surface area contributed by atoms with Crippen LogP contribution in [0.1, 0.15) is 45.4 Å². The molecule has 1 heterocycles. The molecule has 0 radical (unpaired) electrons. The van der Waals surface area contributed by atoms with E-state index in [1.807, 2.05) is 6.26 Å². The van der Waals surface area contributed by atoms with Crippen LogP contribution < -0.4 is 10.9 Å². The van der Waals surface area contributed by atoms with Crippen LogP contribution in [0.3, 0.4) is 0 Å². The third-order valence-electron chi connectivity index (χ3n) is 2.31. The molecule has 0 amide bonds. The maximum absolute atomic E-state index is 4.44. The van der Waals surface area contributed by atoms with E-state index in [0.29, 0.717) is 11.9 Å². The van der Waals surface area contributed by atoms with Crippen LogP contribution in [0.5, 0.6) is 0 Å². The van der Waals surface area contributed by atoms with Crippen LogP contribution in [0.25, 0.3) is 0 Å². The largest absolute Gasteiger partial charge is 0.289 e. The Hall–Kier alpha value is -0.880. The van der Waals surface area contributed by atoms with Gasteiger partial charge in [-0.25, -0.2) is 10.4 Å². The number of rotatable bonds is 4. The number of nitrogens with zero attached hydrogens (tertiary/aromatic N) is 3. The number of hydrogen-bond donors (Lipinski definition) is 2. The van der Waals surface area contributed by atoms with Gasteiger partial charge in [-0.2, -0.15) is 9.97 Å². The van der Waals surface area contributed by atoms with Crippen molar-refractivity contribution in [3.63, 3.8) is 0 Å². The fourth-order valence-electron chi connectivity index (χ4n) is 1.29. The molecular weight excluding hydrogens is 234 g/mol. The predicted octanol–water partition coefficient (Wildman–Crippen LogP) is 2.19. The van der Waals surface area contributed by atoms with Gasteiger partial charge in [0.1, 0.15) is 5.82 Å². The fourth-order valence-corrected chi connectivity index (χ4v) is 1.65. The van der Waals surface area contributed by atoms with Gasteiger partial charge in [0.2, 0.25) is 5.95 Å². The van der Waals surface area contributed by atoms with E-state index in [0.717, 1.165) is 11.0 Å². The summed E-state index contributed by atoms with van der Waals surface area (Å²) in [5.41, 5.74) is 6.20. The number of thioether (sulfide) groups is 1. The lowest BCUT2D eigenvalue weighted by molar-refractivity contribution is 0.462. The number of anilines is 1. The molecule has 0 aliphatic heterocycles. The summed E-state index contributed by atoms with van der Waals surface area (Å²) < 4.78 is 0. The first kappa shape index (κ1) is 12.6. The van der Waals surface area contributed by atoms with Gasteiger partial charge < -0.3 is 0 Å². The molecule has 1 aromatic rings. The summed E-state index contributed by atoms with van der Waals surface area (Å²) in [6.07, 6.45) is 4.38. The van der Waals surface area contributed by atoms with Crippen LogP contribution in [0.4, 0.5) is 5.95 Å². The SMILES string of the molecule is CSc1nc(NNC(C)(C)C)nc(C2CC2)n1. The first-order chi connectivity index (χ1) is 7.98. The van der Waals surface area contributed by atoms with Gasteiger partial charge in [0.15, 0.2) is 5.16 Å². The lowest BCUT2D eigenvalue weighted by Gasteiger charge is -2.21. The molecule has 0 spiro atoms. The molecule has 1 fully saturated rings. The second kappa shape index (κ2) is 4.78. The predicted molar refractivity (Wildman–Crippen MR) is 70.1 cm³/mol. The summed E-state index contributed by atoms with van der Waals surface area (Å²) in [7, 11) is 0. The summed E-state index contributed by atoms with van der Waals surface area (Å²) in [6, 6.07) is 0. The molecule has 1 aliphatic rings. The minimum atomic E-state index is -0.0219. The molecule has 6 heteroatoms. The van der Waals surface area contributed by atoms with Gasteiger partial charge in [0, 0.05) is 11.5 Å². The van der Waals surface area contributed by atoms with Crippen LogP contribution in [0.15, 0.2) is 5.16 Å². The molecule has 5 nitrogen and oxygen atoms in total. The topological polar surface area (TPSA) is 62.7 Å². The monoisotopic (exact) mass is 253 g/mol. The Kier molecular flexibility index (Phi) is 3.53. The zero-order valence-corrected chi connectivity index (χ0v) is 11.6. The van der Waals surface area contributed by atoms with Crippen LogP contribution >= 0.6 is 11.8 Å². The third kappa shape index (κ3) is 3.81. The summed E-state index contributed by atoms with van der Waals surface area (Å²) in [4.78, 5) is 13.2. The quantitative estimate of drug-likeness (QED) is 0.633. The molecule has 2 rings (SSSR count). The highest BCUT2D eigenvalue weighted by molar-refractivity contribution is 7.98. The molecule has 0 atom stereocenters. The smallest absolute Gasteiger partial charge is 0.241 e. The van der Waals surface area contributed by atoms with E-state index in [2.05, 4.69) is 46.6 Å². The lowest BCUT2D eigenvalue weighted by Crippen LogP contribution is -2.40. The van der Waals surface area contributed by atoms with E-state index in [1.165, 1.54) is 12.8 Å². The van der Waals surface area contributed by atoms with Gasteiger partial charge in [-0.3, -0.25) is 5.43 Å². The molecule has 1 aromatic heterocycles. The molecule has 1 aliphatic carbocycles. The van der Waals surface area contributed by atoms with E-state index < -0.39 is 0 Å². The Morgan fingerprint density at radius 2 is 1.88 bits per heavy atom. The Labute approximate surface area is 106 Å². The van der Waals surface area contributed by atoms with E-state index in [9.17, 15) is 0 Å². The number of aromatic nitrogens is 3. The van der Waals surface area contributed by atoms with Gasteiger partial charge in [0.25, 0.3) is 0 Å². The Morgan fingerprint density at radius 3 is 2.41 bits per heavy atom. The summed E-state index contributed by atoms with van der Waals surface area (Å²) in [6.45, 7) is 6.25. The van der Waals surface area contributed by atoms with Crippen LogP contribution in [0, 0.1) is 0 Å². The van der Waals surface area contributed by atoms with Crippen LogP contribution in [-0.4, -0.2) is 26.7 Å². The summed E-state index contributed by atoms with van der Waals surface area (Å²) in [5.74, 6) is 2.07. The Bertz CT molecular complexity index is 397. The van der Waals surface area contributed by atoms with Crippen molar-refractivity contribution < 1.29 is 0 Å². The van der Waals surface area contributed by atoms with Gasteiger partial charge in [-0.15, -0.1) is 0 Å². The summed E-state index contributed by atoms with van der Waals surface area (Å²) in [5, 5.41) is 0.778. The van der Waals surface area contributed by atoms with Crippen molar-refractivity contribution in [1.82, 2.24) is 20.4 Å². The molecule has 1 saturated carbocycles. The number of hydrazine groups is 1. The van der Waals surface area contributed by atoms with Gasteiger partial charge in [-0.05, 0) is 39.9 Å². The van der Waals surface area contributed by atoms with Crippen molar-refractivity contribution in [3.8, 4) is 0 Å². The molecule has 0 saturated heterocycles. The fraction of sp³-hybridized carbons (Fsp3) is 0.727. The van der Waals surface area contributed by atoms with E-state index in [1.54, 1.807) is 11.8 Å². The maximum Gasteiger partial charge on any atom is 0.241 e. The average molecular weight is 253 g/mol. The van der Waals surface area contributed by atoms with Crippen molar-refractivity contribution >= 4 is 17.7 Å². The Balaban J connectivity index is 2.12. The lowest BCUT2D eigenvalue weighted by atomic mass is 10.1. The molecular formula is C11H19N5S. The zero-order chi connectivity index (χ0) is 12.5. The van der Waals surface area contributed by atoms with Crippen LogP contribution in [-0.2, 0) is 0 Å². The molecule has 0 unspecified atom stereocenters. The van der Waals surface area contributed by atoms with E-state index in [4.69, 9.17) is 0 Å². The first-order valence-electron chi connectivity index (χ1n) is 5.81. The van der Waals surface area contributed by atoms with Crippen molar-refractivity contribution in [3.05, 3.63) is 5.82 Å². The Morgan fingerprint density at radius 1 is 1.18 bits per heavy atom. The number of nitrogens with one attached hydrogen (secondary N) is 2. The minimum absolute atomic E-state index is 0.0219. The maximum atomic E-state index is 4.44. The molecule has 2 N–H and O–H groups in total. The van der Waals surface area contributed by atoms with Gasteiger partial charge >= 0.3 is 0 Å². The van der Waals surface area contributed by atoms with Crippen LogP contribution in [0.2, 0.25) is 0 Å². The number of hydrogen-bond acceptors (Lipinski definition) is 6. The summed E-state index contributed by atoms with van der Waals surface area (Å²) >= 11 is 1.55. The van der Waals surface area contributed by atoms with E-state index >= 15 is 0 Å². The molecule has 0 aromatic carbocycles.